The normalized spacial score (nSPS) is 10.5. The number of benzene rings is 2. The van der Waals surface area contributed by atoms with Crippen molar-refractivity contribution in [1.82, 2.24) is 10.3 Å². The zero-order valence-corrected chi connectivity index (χ0v) is 12.9. The van der Waals surface area contributed by atoms with Crippen LogP contribution in [0.1, 0.15) is 26.4 Å². The van der Waals surface area contributed by atoms with Crippen LogP contribution in [0, 0.1) is 0 Å². The van der Waals surface area contributed by atoms with Gasteiger partial charge in [-0.15, -0.1) is 0 Å². The van der Waals surface area contributed by atoms with Gasteiger partial charge in [-0.3, -0.25) is 9.78 Å². The third kappa shape index (κ3) is 3.41. The van der Waals surface area contributed by atoms with Gasteiger partial charge in [0.1, 0.15) is 5.69 Å². The van der Waals surface area contributed by atoms with Crippen LogP contribution in [0.15, 0.2) is 60.8 Å². The summed E-state index contributed by atoms with van der Waals surface area (Å²) in [5.41, 5.74) is 1.63. The number of rotatable bonds is 5. The van der Waals surface area contributed by atoms with Crippen molar-refractivity contribution in [1.29, 1.82) is 0 Å². The first-order valence-corrected chi connectivity index (χ1v) is 7.59. The molecular weight excluding hydrogens is 304 g/mol. The molecule has 0 aliphatic heterocycles. The molecule has 0 unspecified atom stereocenters. The summed E-state index contributed by atoms with van der Waals surface area (Å²) >= 11 is 0. The van der Waals surface area contributed by atoms with E-state index in [2.05, 4.69) is 10.3 Å². The van der Waals surface area contributed by atoms with Gasteiger partial charge < -0.3 is 10.4 Å². The van der Waals surface area contributed by atoms with Gasteiger partial charge in [0.25, 0.3) is 5.91 Å². The largest absolute Gasteiger partial charge is 0.478 e. The standard InChI is InChI=1S/C19H16N2O3/c22-18(17-16-4-2-1-3-14(16)10-12-20-17)21-11-9-13-5-7-15(8-6-13)19(23)24/h1-8,10,12H,9,11H2,(H,21,22)(H,23,24). The van der Waals surface area contributed by atoms with Gasteiger partial charge in [-0.25, -0.2) is 4.79 Å². The van der Waals surface area contributed by atoms with Gasteiger partial charge in [0.15, 0.2) is 0 Å². The minimum Gasteiger partial charge on any atom is -0.478 e. The summed E-state index contributed by atoms with van der Waals surface area (Å²) in [4.78, 5) is 27.3. The number of hydrogen-bond donors (Lipinski definition) is 2. The summed E-state index contributed by atoms with van der Waals surface area (Å²) in [6, 6.07) is 16.1. The molecule has 2 N–H and O–H groups in total. The Hall–Kier alpha value is -3.21. The average Bonchev–Trinajstić information content (AvgIpc) is 2.61. The van der Waals surface area contributed by atoms with Crippen LogP contribution in [0.2, 0.25) is 0 Å². The summed E-state index contributed by atoms with van der Waals surface area (Å²) in [6.07, 6.45) is 2.25. The monoisotopic (exact) mass is 320 g/mol. The number of carbonyl (C=O) groups is 2. The van der Waals surface area contributed by atoms with E-state index in [1.54, 1.807) is 30.5 Å². The number of nitrogens with zero attached hydrogens (tertiary/aromatic N) is 1. The van der Waals surface area contributed by atoms with Crippen LogP contribution in [0.4, 0.5) is 0 Å². The van der Waals surface area contributed by atoms with E-state index in [0.717, 1.165) is 16.3 Å². The van der Waals surface area contributed by atoms with Crippen LogP contribution in [0.3, 0.4) is 0 Å². The maximum absolute atomic E-state index is 12.3. The molecule has 0 aliphatic carbocycles. The molecule has 5 heteroatoms. The lowest BCUT2D eigenvalue weighted by molar-refractivity contribution is 0.0696. The summed E-state index contributed by atoms with van der Waals surface area (Å²) < 4.78 is 0. The average molecular weight is 320 g/mol. The molecule has 24 heavy (non-hydrogen) atoms. The molecule has 1 amide bonds. The lowest BCUT2D eigenvalue weighted by atomic mass is 10.1. The van der Waals surface area contributed by atoms with Crippen LogP contribution in [-0.2, 0) is 6.42 Å². The fourth-order valence-electron chi connectivity index (χ4n) is 2.52. The first kappa shape index (κ1) is 15.7. The molecular formula is C19H16N2O3. The molecule has 0 aliphatic rings. The van der Waals surface area contributed by atoms with Crippen LogP contribution >= 0.6 is 0 Å². The Kier molecular flexibility index (Phi) is 4.52. The molecule has 0 spiro atoms. The Labute approximate surface area is 139 Å². The summed E-state index contributed by atoms with van der Waals surface area (Å²) in [5, 5.41) is 13.5. The van der Waals surface area contributed by atoms with Crippen molar-refractivity contribution >= 4 is 22.6 Å². The Morgan fingerprint density at radius 1 is 1.00 bits per heavy atom. The lowest BCUT2D eigenvalue weighted by Gasteiger charge is -2.07. The van der Waals surface area contributed by atoms with Crippen LogP contribution in [0.5, 0.6) is 0 Å². The molecule has 0 atom stereocenters. The Morgan fingerprint density at radius 3 is 2.50 bits per heavy atom. The second kappa shape index (κ2) is 6.91. The molecule has 120 valence electrons. The molecule has 2 aromatic carbocycles. The number of fused-ring (bicyclic) bond motifs is 1. The smallest absolute Gasteiger partial charge is 0.335 e. The van der Waals surface area contributed by atoms with E-state index in [1.165, 1.54) is 0 Å². The van der Waals surface area contributed by atoms with E-state index in [9.17, 15) is 9.59 Å². The fourth-order valence-corrected chi connectivity index (χ4v) is 2.52. The number of aromatic nitrogens is 1. The SMILES string of the molecule is O=C(O)c1ccc(CCNC(=O)c2nccc3ccccc23)cc1. The minimum absolute atomic E-state index is 0.214. The molecule has 3 rings (SSSR count). The summed E-state index contributed by atoms with van der Waals surface area (Å²) in [7, 11) is 0. The molecule has 3 aromatic rings. The van der Waals surface area contributed by atoms with Crippen molar-refractivity contribution in [2.24, 2.45) is 0 Å². The molecule has 1 heterocycles. The first-order chi connectivity index (χ1) is 11.6. The molecule has 1 aromatic heterocycles. The topological polar surface area (TPSA) is 79.3 Å². The highest BCUT2D eigenvalue weighted by atomic mass is 16.4. The molecule has 5 nitrogen and oxygen atoms in total. The highest BCUT2D eigenvalue weighted by Crippen LogP contribution is 2.16. The minimum atomic E-state index is -0.947. The van der Waals surface area contributed by atoms with Crippen molar-refractivity contribution in [3.63, 3.8) is 0 Å². The molecule has 0 radical (unpaired) electrons. The van der Waals surface area contributed by atoms with Crippen LogP contribution < -0.4 is 5.32 Å². The van der Waals surface area contributed by atoms with E-state index in [0.29, 0.717) is 18.7 Å². The number of nitrogens with one attached hydrogen (secondary N) is 1. The number of amides is 1. The highest BCUT2D eigenvalue weighted by molar-refractivity contribution is 6.05. The van der Waals surface area contributed by atoms with Crippen molar-refractivity contribution in [2.45, 2.75) is 6.42 Å². The summed E-state index contributed by atoms with van der Waals surface area (Å²) in [5.74, 6) is -1.16. The molecule has 0 saturated heterocycles. The zero-order valence-electron chi connectivity index (χ0n) is 12.9. The van der Waals surface area contributed by atoms with Gasteiger partial charge in [0.2, 0.25) is 0 Å². The number of hydrogen-bond acceptors (Lipinski definition) is 3. The highest BCUT2D eigenvalue weighted by Gasteiger charge is 2.10. The van der Waals surface area contributed by atoms with E-state index in [4.69, 9.17) is 5.11 Å². The predicted molar refractivity (Wildman–Crippen MR) is 91.2 cm³/mol. The quantitative estimate of drug-likeness (QED) is 0.757. The van der Waals surface area contributed by atoms with Gasteiger partial charge in [0, 0.05) is 18.1 Å². The number of carbonyl (C=O) groups excluding carboxylic acids is 1. The number of pyridine rings is 1. The fraction of sp³-hybridized carbons (Fsp3) is 0.105. The third-order valence-electron chi connectivity index (χ3n) is 3.79. The van der Waals surface area contributed by atoms with Gasteiger partial charge in [-0.2, -0.15) is 0 Å². The van der Waals surface area contributed by atoms with Crippen LogP contribution in [0.25, 0.3) is 10.8 Å². The second-order valence-electron chi connectivity index (χ2n) is 5.39. The predicted octanol–water partition coefficient (Wildman–Crippen LogP) is 2.91. The van der Waals surface area contributed by atoms with Crippen molar-refractivity contribution in [3.05, 3.63) is 77.6 Å². The molecule has 0 saturated carbocycles. The van der Waals surface area contributed by atoms with E-state index >= 15 is 0 Å². The van der Waals surface area contributed by atoms with Crippen LogP contribution in [-0.4, -0.2) is 28.5 Å². The zero-order chi connectivity index (χ0) is 16.9. The van der Waals surface area contributed by atoms with Crippen molar-refractivity contribution < 1.29 is 14.7 Å². The lowest BCUT2D eigenvalue weighted by Crippen LogP contribution is -2.26. The van der Waals surface area contributed by atoms with Crippen molar-refractivity contribution in [2.75, 3.05) is 6.54 Å². The summed E-state index contributed by atoms with van der Waals surface area (Å²) in [6.45, 7) is 0.455. The van der Waals surface area contributed by atoms with Gasteiger partial charge in [-0.05, 0) is 35.6 Å². The maximum Gasteiger partial charge on any atom is 0.335 e. The Bertz CT molecular complexity index is 883. The Balaban J connectivity index is 1.64. The van der Waals surface area contributed by atoms with Gasteiger partial charge in [-0.1, -0.05) is 36.4 Å². The van der Waals surface area contributed by atoms with E-state index in [1.807, 2.05) is 30.3 Å². The Morgan fingerprint density at radius 2 is 1.75 bits per heavy atom. The van der Waals surface area contributed by atoms with E-state index in [-0.39, 0.29) is 11.5 Å². The first-order valence-electron chi connectivity index (χ1n) is 7.59. The third-order valence-corrected chi connectivity index (χ3v) is 3.79. The number of aromatic carboxylic acids is 1. The number of carboxylic acids is 1. The number of carboxylic acid groups (broad SMARTS) is 1. The molecule has 0 bridgehead atoms. The van der Waals surface area contributed by atoms with Crippen molar-refractivity contribution in [3.8, 4) is 0 Å². The van der Waals surface area contributed by atoms with E-state index < -0.39 is 5.97 Å². The molecule has 0 fully saturated rings. The second-order valence-corrected chi connectivity index (χ2v) is 5.39. The maximum atomic E-state index is 12.3. The van der Waals surface area contributed by atoms with Gasteiger partial charge in [0.05, 0.1) is 5.56 Å². The van der Waals surface area contributed by atoms with Gasteiger partial charge >= 0.3 is 5.97 Å².